The summed E-state index contributed by atoms with van der Waals surface area (Å²) in [6.07, 6.45) is 4.82. The van der Waals surface area contributed by atoms with E-state index in [2.05, 4.69) is 18.7 Å². The first-order valence-electron chi connectivity index (χ1n) is 10.3. The third-order valence-electron chi connectivity index (χ3n) is 6.43. The van der Waals surface area contributed by atoms with Gasteiger partial charge in [-0.2, -0.15) is 0 Å². The van der Waals surface area contributed by atoms with Crippen molar-refractivity contribution < 1.29 is 9.18 Å². The van der Waals surface area contributed by atoms with E-state index in [9.17, 15) is 14.0 Å². The second kappa shape index (κ2) is 7.32. The van der Waals surface area contributed by atoms with E-state index in [1.807, 2.05) is 11.0 Å². The summed E-state index contributed by atoms with van der Waals surface area (Å²) >= 11 is 0. The Balaban J connectivity index is 1.53. The van der Waals surface area contributed by atoms with Crippen LogP contribution in [0.4, 0.5) is 10.1 Å². The predicted octanol–water partition coefficient (Wildman–Crippen LogP) is 3.43. The summed E-state index contributed by atoms with van der Waals surface area (Å²) in [4.78, 5) is 29.3. The van der Waals surface area contributed by atoms with E-state index in [0.717, 1.165) is 31.5 Å². The number of aromatic nitrogens is 1. The summed E-state index contributed by atoms with van der Waals surface area (Å²) in [5.41, 5.74) is 0.374. The summed E-state index contributed by atoms with van der Waals surface area (Å²) in [7, 11) is 0. The Morgan fingerprint density at radius 1 is 1.17 bits per heavy atom. The maximum absolute atomic E-state index is 13.8. The fourth-order valence-electron chi connectivity index (χ4n) is 5.22. The first kappa shape index (κ1) is 19.7. The summed E-state index contributed by atoms with van der Waals surface area (Å²) in [5.74, 6) is -0.151. The minimum atomic E-state index is -0.244. The van der Waals surface area contributed by atoms with Gasteiger partial charge in [0, 0.05) is 49.5 Å². The Bertz CT molecular complexity index is 970. The molecular formula is C23H28FN3O2. The Morgan fingerprint density at radius 2 is 2.00 bits per heavy atom. The first-order valence-corrected chi connectivity index (χ1v) is 10.3. The normalized spacial score (nSPS) is 23.1. The van der Waals surface area contributed by atoms with Crippen LogP contribution in [0.15, 0.2) is 53.5 Å². The van der Waals surface area contributed by atoms with Gasteiger partial charge in [0.2, 0.25) is 5.91 Å². The Kier molecular flexibility index (Phi) is 4.97. The van der Waals surface area contributed by atoms with Gasteiger partial charge in [0.25, 0.3) is 5.56 Å². The molecule has 1 aromatic carbocycles. The molecule has 1 atom stereocenters. The van der Waals surface area contributed by atoms with E-state index in [1.165, 1.54) is 12.1 Å². The molecule has 2 aromatic rings. The number of hydrogen-bond donors (Lipinski definition) is 0. The third kappa shape index (κ3) is 3.68. The second-order valence-corrected chi connectivity index (χ2v) is 8.91. The van der Waals surface area contributed by atoms with Crippen molar-refractivity contribution in [3.05, 3.63) is 64.8 Å². The molecule has 2 saturated heterocycles. The number of anilines is 1. The highest BCUT2D eigenvalue weighted by atomic mass is 19.1. The molecule has 1 aromatic heterocycles. The third-order valence-corrected chi connectivity index (χ3v) is 6.43. The smallest absolute Gasteiger partial charge is 0.250 e. The van der Waals surface area contributed by atoms with Crippen LogP contribution in [0.1, 0.15) is 39.5 Å². The number of rotatable bonds is 4. The number of hydrogen-bond acceptors (Lipinski definition) is 3. The maximum atomic E-state index is 13.8. The molecule has 4 rings (SSSR count). The van der Waals surface area contributed by atoms with Gasteiger partial charge in [0.15, 0.2) is 0 Å². The summed E-state index contributed by atoms with van der Waals surface area (Å²) in [6, 6.07) is 11.7. The molecule has 1 spiro atoms. The van der Waals surface area contributed by atoms with Crippen LogP contribution in [0.25, 0.3) is 0 Å². The van der Waals surface area contributed by atoms with Gasteiger partial charge in [-0.05, 0) is 57.4 Å². The monoisotopic (exact) mass is 397 g/mol. The number of nitrogens with zero attached hydrogens (tertiary/aromatic N) is 3. The lowest BCUT2D eigenvalue weighted by Gasteiger charge is -2.35. The lowest BCUT2D eigenvalue weighted by molar-refractivity contribution is -0.135. The first-order chi connectivity index (χ1) is 13.8. The molecule has 2 aliphatic rings. The molecule has 0 bridgehead atoms. The second-order valence-electron chi connectivity index (χ2n) is 8.91. The number of carbonyl (C=O) groups excluding carboxylic acids is 1. The van der Waals surface area contributed by atoms with Crippen molar-refractivity contribution in [1.29, 1.82) is 0 Å². The Morgan fingerprint density at radius 3 is 2.76 bits per heavy atom. The standard InChI is InChI=1S/C23H28FN3O2/c1-22(2)16-23(17-27(22)19-8-5-7-18(24)15-19)11-6-13-26(23)21(29)10-14-25-12-4-3-9-20(25)28/h3-5,7-9,12,15H,6,10-11,13-14,16-17H2,1-2H3. The van der Waals surface area contributed by atoms with Crippen molar-refractivity contribution in [1.82, 2.24) is 9.47 Å². The average molecular weight is 397 g/mol. The summed E-state index contributed by atoms with van der Waals surface area (Å²) in [6.45, 7) is 6.17. The minimum Gasteiger partial charge on any atom is -0.364 e. The molecule has 154 valence electrons. The number of pyridine rings is 1. The van der Waals surface area contributed by atoms with Crippen molar-refractivity contribution in [2.75, 3.05) is 18.0 Å². The van der Waals surface area contributed by atoms with Crippen molar-refractivity contribution in [3.8, 4) is 0 Å². The van der Waals surface area contributed by atoms with Gasteiger partial charge in [-0.15, -0.1) is 0 Å². The summed E-state index contributed by atoms with van der Waals surface area (Å²) in [5, 5.41) is 0. The molecule has 0 N–H and O–H groups in total. The van der Waals surface area contributed by atoms with E-state index >= 15 is 0 Å². The number of benzene rings is 1. The molecule has 2 fully saturated rings. The van der Waals surface area contributed by atoms with Gasteiger partial charge in [0.1, 0.15) is 5.82 Å². The maximum Gasteiger partial charge on any atom is 0.250 e. The van der Waals surface area contributed by atoms with Crippen LogP contribution in [0, 0.1) is 5.82 Å². The number of halogens is 1. The number of carbonyl (C=O) groups is 1. The van der Waals surface area contributed by atoms with Gasteiger partial charge in [-0.25, -0.2) is 4.39 Å². The zero-order chi connectivity index (χ0) is 20.6. The fourth-order valence-corrected chi connectivity index (χ4v) is 5.22. The van der Waals surface area contributed by atoms with Crippen LogP contribution >= 0.6 is 0 Å². The molecule has 6 heteroatoms. The molecule has 0 aliphatic carbocycles. The zero-order valence-corrected chi connectivity index (χ0v) is 17.1. The molecule has 0 radical (unpaired) electrons. The van der Waals surface area contributed by atoms with Crippen LogP contribution in [-0.4, -0.2) is 39.5 Å². The fraction of sp³-hybridized carbons (Fsp3) is 0.478. The lowest BCUT2D eigenvalue weighted by atomic mass is 9.87. The highest BCUT2D eigenvalue weighted by molar-refractivity contribution is 5.78. The van der Waals surface area contributed by atoms with E-state index in [0.29, 0.717) is 19.5 Å². The highest BCUT2D eigenvalue weighted by Gasteiger charge is 2.54. The van der Waals surface area contributed by atoms with Crippen LogP contribution in [0.5, 0.6) is 0 Å². The van der Waals surface area contributed by atoms with E-state index in [-0.39, 0.29) is 28.4 Å². The topological polar surface area (TPSA) is 45.6 Å². The molecule has 1 unspecified atom stereocenters. The van der Waals surface area contributed by atoms with Crippen molar-refractivity contribution >= 4 is 11.6 Å². The van der Waals surface area contributed by atoms with Crippen LogP contribution < -0.4 is 10.5 Å². The molecular weight excluding hydrogens is 369 g/mol. The Hall–Kier alpha value is -2.63. The zero-order valence-electron chi connectivity index (χ0n) is 17.1. The Labute approximate surface area is 170 Å². The number of aryl methyl sites for hydroxylation is 1. The van der Waals surface area contributed by atoms with Crippen LogP contribution in [-0.2, 0) is 11.3 Å². The van der Waals surface area contributed by atoms with Crippen molar-refractivity contribution in [3.63, 3.8) is 0 Å². The number of amides is 1. The van der Waals surface area contributed by atoms with Crippen LogP contribution in [0.3, 0.4) is 0 Å². The summed E-state index contributed by atoms with van der Waals surface area (Å²) < 4.78 is 15.4. The highest BCUT2D eigenvalue weighted by Crippen LogP contribution is 2.47. The van der Waals surface area contributed by atoms with Crippen molar-refractivity contribution in [2.24, 2.45) is 0 Å². The van der Waals surface area contributed by atoms with Crippen LogP contribution in [0.2, 0.25) is 0 Å². The van der Waals surface area contributed by atoms with E-state index in [1.54, 1.807) is 35.0 Å². The SMILES string of the molecule is CC1(C)CC2(CCCN2C(=O)CCn2ccccc2=O)CN1c1cccc(F)c1. The minimum absolute atomic E-state index is 0.0873. The molecule has 29 heavy (non-hydrogen) atoms. The predicted molar refractivity (Wildman–Crippen MR) is 111 cm³/mol. The van der Waals surface area contributed by atoms with Crippen molar-refractivity contribution in [2.45, 2.75) is 57.2 Å². The molecule has 5 nitrogen and oxygen atoms in total. The van der Waals surface area contributed by atoms with Gasteiger partial charge >= 0.3 is 0 Å². The van der Waals surface area contributed by atoms with Gasteiger partial charge in [-0.3, -0.25) is 9.59 Å². The average Bonchev–Trinajstić information content (AvgIpc) is 3.20. The van der Waals surface area contributed by atoms with E-state index in [4.69, 9.17) is 0 Å². The van der Waals surface area contributed by atoms with Gasteiger partial charge in [-0.1, -0.05) is 12.1 Å². The largest absolute Gasteiger partial charge is 0.364 e. The lowest BCUT2D eigenvalue weighted by Crippen LogP contribution is -2.49. The van der Waals surface area contributed by atoms with Gasteiger partial charge < -0.3 is 14.4 Å². The molecule has 3 heterocycles. The van der Waals surface area contributed by atoms with Gasteiger partial charge in [0.05, 0.1) is 5.54 Å². The molecule has 1 amide bonds. The van der Waals surface area contributed by atoms with E-state index < -0.39 is 0 Å². The molecule has 0 saturated carbocycles. The molecule has 2 aliphatic heterocycles. The quantitative estimate of drug-likeness (QED) is 0.794. The number of likely N-dealkylation sites (tertiary alicyclic amines) is 1.